The Hall–Kier alpha value is -3.60. The van der Waals surface area contributed by atoms with Crippen molar-refractivity contribution in [2.24, 2.45) is 0 Å². The number of carbonyl (C=O) groups is 3. The molecule has 0 aromatic heterocycles. The summed E-state index contributed by atoms with van der Waals surface area (Å²) in [4.78, 5) is 38.8. The van der Waals surface area contributed by atoms with E-state index in [0.717, 1.165) is 44.8 Å². The van der Waals surface area contributed by atoms with Crippen LogP contribution in [0, 0.1) is 0 Å². The van der Waals surface area contributed by atoms with Crippen LogP contribution >= 0.6 is 0 Å². The molecule has 1 aliphatic rings. The fourth-order valence-corrected chi connectivity index (χ4v) is 4.01. The minimum absolute atomic E-state index is 0.0500. The second-order valence-corrected chi connectivity index (χ2v) is 9.47. The summed E-state index contributed by atoms with van der Waals surface area (Å²) in [5, 5.41) is 10.4. The van der Waals surface area contributed by atoms with Gasteiger partial charge in [-0.2, -0.15) is 13.2 Å². The van der Waals surface area contributed by atoms with Crippen LogP contribution in [0.2, 0.25) is 0 Å². The van der Waals surface area contributed by atoms with Crippen molar-refractivity contribution in [3.63, 3.8) is 0 Å². The van der Waals surface area contributed by atoms with Crippen molar-refractivity contribution in [2.45, 2.75) is 45.2 Å². The summed E-state index contributed by atoms with van der Waals surface area (Å²) >= 11 is 0. The molecule has 2 N–H and O–H groups in total. The lowest BCUT2D eigenvalue weighted by molar-refractivity contribution is -0.192. The molecular weight excluding hydrogens is 527 g/mol. The van der Waals surface area contributed by atoms with Crippen molar-refractivity contribution in [1.82, 2.24) is 15.1 Å². The average Bonchev–Trinajstić information content (AvgIpc) is 2.96. The van der Waals surface area contributed by atoms with E-state index in [1.807, 2.05) is 52.3 Å². The maximum Gasteiger partial charge on any atom is 0.490 e. The number of carboxylic acids is 1. The summed E-state index contributed by atoms with van der Waals surface area (Å²) in [7, 11) is 0. The molecule has 0 radical (unpaired) electrons. The molecule has 1 saturated heterocycles. The number of piperazine rings is 1. The van der Waals surface area contributed by atoms with Gasteiger partial charge in [0.2, 0.25) is 5.91 Å². The van der Waals surface area contributed by atoms with Crippen molar-refractivity contribution in [1.29, 1.82) is 0 Å². The van der Waals surface area contributed by atoms with E-state index in [0.29, 0.717) is 31.7 Å². The number of alkyl halides is 3. The minimum atomic E-state index is -5.08. The number of carbonyl (C=O) groups excluding carboxylic acids is 2. The molecule has 2 amide bonds. The molecule has 2 aromatic carbocycles. The maximum atomic E-state index is 13.4. The molecule has 3 rings (SSSR count). The van der Waals surface area contributed by atoms with Crippen molar-refractivity contribution in [3.8, 4) is 5.75 Å². The number of hydrogen-bond donors (Lipinski definition) is 2. The van der Waals surface area contributed by atoms with Crippen LogP contribution in [-0.2, 0) is 9.59 Å². The van der Waals surface area contributed by atoms with Crippen molar-refractivity contribution in [2.75, 3.05) is 45.9 Å². The molecule has 1 atom stereocenters. The van der Waals surface area contributed by atoms with Gasteiger partial charge >= 0.3 is 12.1 Å². The minimum Gasteiger partial charge on any atom is -0.494 e. The quantitative estimate of drug-likeness (QED) is 0.388. The summed E-state index contributed by atoms with van der Waals surface area (Å²) in [6, 6.07) is 17.6. The summed E-state index contributed by atoms with van der Waals surface area (Å²) in [5.41, 5.74) is 1.80. The van der Waals surface area contributed by atoms with Crippen LogP contribution in [0.25, 0.3) is 0 Å². The van der Waals surface area contributed by atoms with Crippen LogP contribution in [0.15, 0.2) is 54.6 Å². The number of unbranched alkanes of at least 4 members (excludes halogenated alkanes) is 1. The van der Waals surface area contributed by atoms with E-state index in [9.17, 15) is 22.8 Å². The summed E-state index contributed by atoms with van der Waals surface area (Å²) in [6.45, 7) is 9.01. The Bertz CT molecular complexity index is 1060. The summed E-state index contributed by atoms with van der Waals surface area (Å²) in [6.07, 6.45) is -2.66. The van der Waals surface area contributed by atoms with Gasteiger partial charge in [0.15, 0.2) is 0 Å². The van der Waals surface area contributed by atoms with Crippen LogP contribution in [0.4, 0.5) is 13.2 Å². The number of benzene rings is 2. The van der Waals surface area contributed by atoms with Gasteiger partial charge in [0.1, 0.15) is 5.75 Å². The molecule has 1 fully saturated rings. The molecule has 2 aromatic rings. The Morgan fingerprint density at radius 2 is 1.65 bits per heavy atom. The Morgan fingerprint density at radius 3 is 2.20 bits per heavy atom. The largest absolute Gasteiger partial charge is 0.494 e. The van der Waals surface area contributed by atoms with E-state index < -0.39 is 12.1 Å². The van der Waals surface area contributed by atoms with E-state index in [2.05, 4.69) is 31.3 Å². The summed E-state index contributed by atoms with van der Waals surface area (Å²) < 4.78 is 37.5. The molecule has 8 nitrogen and oxygen atoms in total. The Labute approximate surface area is 233 Å². The van der Waals surface area contributed by atoms with Gasteiger partial charge < -0.3 is 25.0 Å². The lowest BCUT2D eigenvalue weighted by Crippen LogP contribution is -2.47. The number of carboxylic acid groups (broad SMARTS) is 1. The fraction of sp³-hybridized carbons (Fsp3) is 0.483. The first-order valence-corrected chi connectivity index (χ1v) is 13.4. The topological polar surface area (TPSA) is 99.2 Å². The number of halogens is 3. The number of amides is 2. The number of ether oxygens (including phenoxy) is 1. The highest BCUT2D eigenvalue weighted by atomic mass is 19.4. The van der Waals surface area contributed by atoms with Crippen molar-refractivity contribution >= 4 is 17.8 Å². The molecule has 0 aliphatic carbocycles. The average molecular weight is 566 g/mol. The summed E-state index contributed by atoms with van der Waals surface area (Å²) in [5.74, 6) is -1.75. The molecule has 0 saturated carbocycles. The molecule has 0 bridgehead atoms. The number of nitrogens with zero attached hydrogens (tertiary/aromatic N) is 2. The molecule has 11 heteroatoms. The molecule has 40 heavy (non-hydrogen) atoms. The third-order valence-electron chi connectivity index (χ3n) is 6.33. The smallest absolute Gasteiger partial charge is 0.490 e. The zero-order valence-electron chi connectivity index (χ0n) is 23.0. The number of rotatable bonds is 11. The van der Waals surface area contributed by atoms with Gasteiger partial charge in [-0.3, -0.25) is 9.59 Å². The van der Waals surface area contributed by atoms with Crippen LogP contribution in [-0.4, -0.2) is 84.7 Å². The first kappa shape index (κ1) is 32.6. The zero-order valence-corrected chi connectivity index (χ0v) is 23.0. The van der Waals surface area contributed by atoms with Gasteiger partial charge in [-0.05, 0) is 42.2 Å². The van der Waals surface area contributed by atoms with Gasteiger partial charge in [-0.1, -0.05) is 50.6 Å². The van der Waals surface area contributed by atoms with Gasteiger partial charge in [0.25, 0.3) is 5.91 Å². The zero-order chi connectivity index (χ0) is 29.5. The molecular formula is C29H38F3N3O5. The van der Waals surface area contributed by atoms with E-state index in [4.69, 9.17) is 14.6 Å². The Kier molecular flexibility index (Phi) is 13.4. The Morgan fingerprint density at radius 1 is 1.05 bits per heavy atom. The first-order chi connectivity index (χ1) is 19.0. The molecule has 220 valence electrons. The predicted molar refractivity (Wildman–Crippen MR) is 145 cm³/mol. The van der Waals surface area contributed by atoms with Crippen LogP contribution in [0.5, 0.6) is 5.75 Å². The van der Waals surface area contributed by atoms with E-state index >= 15 is 0 Å². The highest BCUT2D eigenvalue weighted by Gasteiger charge is 2.38. The lowest BCUT2D eigenvalue weighted by atomic mass is 10.00. The fourth-order valence-electron chi connectivity index (χ4n) is 4.01. The van der Waals surface area contributed by atoms with Crippen molar-refractivity contribution in [3.05, 3.63) is 65.7 Å². The first-order valence-electron chi connectivity index (χ1n) is 13.4. The van der Waals surface area contributed by atoms with Crippen LogP contribution in [0.1, 0.15) is 54.9 Å². The van der Waals surface area contributed by atoms with Crippen LogP contribution in [0.3, 0.4) is 0 Å². The molecule has 1 heterocycles. The number of nitrogens with one attached hydrogen (secondary N) is 1. The van der Waals surface area contributed by atoms with E-state index in [1.54, 1.807) is 0 Å². The monoisotopic (exact) mass is 565 g/mol. The highest BCUT2D eigenvalue weighted by Crippen LogP contribution is 2.20. The second kappa shape index (κ2) is 16.5. The molecule has 0 spiro atoms. The van der Waals surface area contributed by atoms with Crippen LogP contribution < -0.4 is 10.1 Å². The predicted octanol–water partition coefficient (Wildman–Crippen LogP) is 4.57. The van der Waals surface area contributed by atoms with E-state index in [-0.39, 0.29) is 17.7 Å². The number of hydrogen-bond acceptors (Lipinski definition) is 5. The van der Waals surface area contributed by atoms with Gasteiger partial charge in [0, 0.05) is 51.3 Å². The molecule has 1 unspecified atom stereocenters. The SMILES string of the molecule is CCCCOc1ccc(C(=O)N(CCC(=O)N2CCNCC2)CC(C)c2ccccc2)cc1.O=C(O)C(F)(F)F. The third-order valence-corrected chi connectivity index (χ3v) is 6.33. The van der Waals surface area contributed by atoms with Gasteiger partial charge in [-0.25, -0.2) is 4.79 Å². The molecule has 1 aliphatic heterocycles. The van der Waals surface area contributed by atoms with Crippen molar-refractivity contribution < 1.29 is 37.4 Å². The third kappa shape index (κ3) is 11.3. The normalized spacial score (nSPS) is 14.0. The second-order valence-electron chi connectivity index (χ2n) is 9.47. The lowest BCUT2D eigenvalue weighted by Gasteiger charge is -2.30. The Balaban J connectivity index is 0.000000708. The van der Waals surface area contributed by atoms with Gasteiger partial charge in [-0.15, -0.1) is 0 Å². The van der Waals surface area contributed by atoms with E-state index in [1.165, 1.54) is 5.56 Å². The number of aliphatic carboxylic acids is 1. The standard InChI is InChI=1S/C27H37N3O3.C2HF3O2/c1-3-4-20-33-25-12-10-24(11-13-25)27(32)30(21-22(2)23-8-6-5-7-9-23)17-14-26(31)29-18-15-28-16-19-29;3-2(4,5)1(6)7/h5-13,22,28H,3-4,14-21H2,1-2H3;(H,6,7). The van der Waals surface area contributed by atoms with Gasteiger partial charge in [0.05, 0.1) is 6.61 Å². The highest BCUT2D eigenvalue weighted by molar-refractivity contribution is 5.94. The maximum absolute atomic E-state index is 13.4.